The van der Waals surface area contributed by atoms with E-state index in [1.54, 1.807) is 0 Å². The van der Waals surface area contributed by atoms with Crippen LogP contribution in [0.15, 0.2) is 6.07 Å². The summed E-state index contributed by atoms with van der Waals surface area (Å²) in [7, 11) is 0. The van der Waals surface area contributed by atoms with Gasteiger partial charge in [0.15, 0.2) is 0 Å². The fraction of sp³-hybridized carbons (Fsp3) is 0.800. The van der Waals surface area contributed by atoms with Crippen LogP contribution in [0.25, 0.3) is 0 Å². The highest BCUT2D eigenvalue weighted by Gasteiger charge is 2.26. The van der Waals surface area contributed by atoms with Crippen molar-refractivity contribution in [3.05, 3.63) is 11.8 Å². The van der Waals surface area contributed by atoms with E-state index in [4.69, 9.17) is 14.7 Å². The molecule has 0 radical (unpaired) electrons. The molecule has 0 bridgehead atoms. The monoisotopic (exact) mass is 374 g/mol. The molecule has 3 aliphatic rings. The number of hydrogen-bond acceptors (Lipinski definition) is 7. The van der Waals surface area contributed by atoms with Gasteiger partial charge in [0.05, 0.1) is 13.2 Å². The number of piperidine rings is 1. The number of aryl methyl sites for hydroxylation is 1. The van der Waals surface area contributed by atoms with Gasteiger partial charge in [-0.3, -0.25) is 4.90 Å². The molecule has 3 aliphatic heterocycles. The number of ether oxygens (including phenoxy) is 1. The lowest BCUT2D eigenvalue weighted by Crippen LogP contribution is -2.46. The number of anilines is 2. The van der Waals surface area contributed by atoms with Crippen molar-refractivity contribution in [3.63, 3.8) is 0 Å². The van der Waals surface area contributed by atoms with Crippen LogP contribution >= 0.6 is 0 Å². The predicted octanol–water partition coefficient (Wildman–Crippen LogP) is 1.14. The summed E-state index contributed by atoms with van der Waals surface area (Å²) in [5.74, 6) is 1.99. The summed E-state index contributed by atoms with van der Waals surface area (Å²) < 4.78 is 5.49. The second-order valence-electron chi connectivity index (χ2n) is 7.83. The first kappa shape index (κ1) is 18.9. The number of nitrogens with one attached hydrogen (secondary N) is 1. The Morgan fingerprint density at radius 1 is 1.00 bits per heavy atom. The molecule has 1 aromatic heterocycles. The molecule has 0 aliphatic carbocycles. The quantitative estimate of drug-likeness (QED) is 0.848. The molecule has 7 heteroatoms. The highest BCUT2D eigenvalue weighted by atomic mass is 16.5. The Hall–Kier alpha value is -1.44. The fourth-order valence-electron chi connectivity index (χ4n) is 4.41. The van der Waals surface area contributed by atoms with E-state index in [0.29, 0.717) is 0 Å². The highest BCUT2D eigenvalue weighted by molar-refractivity contribution is 5.46. The standard InChI is InChI=1S/C20H34N6O/c1-2-17-16-19(23-20(22-17)26-12-14-27-15-13-26)25-9-4-18(5-10-25)24-8-3-6-21-7-11-24/h16,18,21H,2-15H2,1H3. The number of morpholine rings is 1. The van der Waals surface area contributed by atoms with E-state index in [9.17, 15) is 0 Å². The minimum Gasteiger partial charge on any atom is -0.378 e. The summed E-state index contributed by atoms with van der Waals surface area (Å²) in [5.41, 5.74) is 1.14. The highest BCUT2D eigenvalue weighted by Crippen LogP contribution is 2.24. The summed E-state index contributed by atoms with van der Waals surface area (Å²) in [6.07, 6.45) is 4.69. The summed E-state index contributed by atoms with van der Waals surface area (Å²) in [5, 5.41) is 3.52. The number of hydrogen-bond donors (Lipinski definition) is 1. The molecule has 3 saturated heterocycles. The van der Waals surface area contributed by atoms with Crippen molar-refractivity contribution in [2.24, 2.45) is 0 Å². The van der Waals surface area contributed by atoms with E-state index in [2.05, 4.69) is 33.0 Å². The van der Waals surface area contributed by atoms with Crippen LogP contribution in [0.4, 0.5) is 11.8 Å². The van der Waals surface area contributed by atoms with Crippen LogP contribution in [0.3, 0.4) is 0 Å². The average molecular weight is 375 g/mol. The van der Waals surface area contributed by atoms with Gasteiger partial charge in [-0.15, -0.1) is 0 Å². The zero-order chi connectivity index (χ0) is 18.5. The summed E-state index contributed by atoms with van der Waals surface area (Å²) in [4.78, 5) is 17.2. The van der Waals surface area contributed by atoms with Crippen molar-refractivity contribution in [1.29, 1.82) is 0 Å². The molecule has 3 fully saturated rings. The maximum Gasteiger partial charge on any atom is 0.227 e. The summed E-state index contributed by atoms with van der Waals surface area (Å²) in [6, 6.07) is 2.92. The van der Waals surface area contributed by atoms with Gasteiger partial charge in [0.1, 0.15) is 5.82 Å². The smallest absolute Gasteiger partial charge is 0.227 e. The van der Waals surface area contributed by atoms with Crippen molar-refractivity contribution in [2.75, 3.05) is 75.4 Å². The van der Waals surface area contributed by atoms with Crippen molar-refractivity contribution in [1.82, 2.24) is 20.2 Å². The Kier molecular flexibility index (Phi) is 6.42. The van der Waals surface area contributed by atoms with Crippen LogP contribution < -0.4 is 15.1 Å². The zero-order valence-corrected chi connectivity index (χ0v) is 16.7. The van der Waals surface area contributed by atoms with E-state index in [1.807, 2.05) is 0 Å². The van der Waals surface area contributed by atoms with E-state index < -0.39 is 0 Å². The molecule has 0 atom stereocenters. The van der Waals surface area contributed by atoms with Crippen molar-refractivity contribution < 1.29 is 4.74 Å². The molecule has 150 valence electrons. The zero-order valence-electron chi connectivity index (χ0n) is 16.7. The first-order chi connectivity index (χ1) is 13.3. The van der Waals surface area contributed by atoms with Crippen LogP contribution in [0.5, 0.6) is 0 Å². The molecule has 0 aromatic carbocycles. The number of rotatable bonds is 4. The molecule has 0 spiro atoms. The average Bonchev–Trinajstić information content (AvgIpc) is 3.04. The van der Waals surface area contributed by atoms with Gasteiger partial charge in [0, 0.05) is 57.1 Å². The molecule has 0 amide bonds. The van der Waals surface area contributed by atoms with Gasteiger partial charge in [-0.2, -0.15) is 4.98 Å². The van der Waals surface area contributed by atoms with Crippen molar-refractivity contribution in [3.8, 4) is 0 Å². The minimum absolute atomic E-state index is 0.729. The van der Waals surface area contributed by atoms with E-state index in [1.165, 1.54) is 38.9 Å². The predicted molar refractivity (Wildman–Crippen MR) is 109 cm³/mol. The van der Waals surface area contributed by atoms with Gasteiger partial charge < -0.3 is 19.9 Å². The van der Waals surface area contributed by atoms with Gasteiger partial charge >= 0.3 is 0 Å². The third-order valence-corrected chi connectivity index (χ3v) is 6.09. The lowest BCUT2D eigenvalue weighted by Gasteiger charge is -2.39. The molecular weight excluding hydrogens is 340 g/mol. The van der Waals surface area contributed by atoms with E-state index >= 15 is 0 Å². The Balaban J connectivity index is 1.42. The van der Waals surface area contributed by atoms with Crippen LogP contribution in [-0.4, -0.2) is 86.5 Å². The first-order valence-corrected chi connectivity index (χ1v) is 10.7. The lowest BCUT2D eigenvalue weighted by atomic mass is 10.0. The first-order valence-electron chi connectivity index (χ1n) is 10.7. The SMILES string of the molecule is CCc1cc(N2CCC(N3CCCNCC3)CC2)nc(N2CCOCC2)n1. The molecular formula is C20H34N6O. The molecule has 1 aromatic rings. The van der Waals surface area contributed by atoms with Gasteiger partial charge in [0.25, 0.3) is 0 Å². The van der Waals surface area contributed by atoms with E-state index in [-0.39, 0.29) is 0 Å². The third kappa shape index (κ3) is 4.70. The van der Waals surface area contributed by atoms with Crippen LogP contribution in [-0.2, 0) is 11.2 Å². The molecule has 4 rings (SSSR count). The maximum absolute atomic E-state index is 5.49. The Bertz CT molecular complexity index is 590. The van der Waals surface area contributed by atoms with Gasteiger partial charge in [0.2, 0.25) is 5.95 Å². The second-order valence-corrected chi connectivity index (χ2v) is 7.83. The van der Waals surface area contributed by atoms with Crippen LogP contribution in [0, 0.1) is 0 Å². The number of nitrogens with zero attached hydrogens (tertiary/aromatic N) is 5. The van der Waals surface area contributed by atoms with Gasteiger partial charge in [-0.25, -0.2) is 4.98 Å². The Morgan fingerprint density at radius 3 is 2.59 bits per heavy atom. The molecule has 27 heavy (non-hydrogen) atoms. The largest absolute Gasteiger partial charge is 0.378 e. The Morgan fingerprint density at radius 2 is 1.81 bits per heavy atom. The topological polar surface area (TPSA) is 56.8 Å². The van der Waals surface area contributed by atoms with Crippen LogP contribution in [0.2, 0.25) is 0 Å². The number of aromatic nitrogens is 2. The Labute approximate surface area is 163 Å². The third-order valence-electron chi connectivity index (χ3n) is 6.09. The maximum atomic E-state index is 5.49. The van der Waals surface area contributed by atoms with Crippen molar-refractivity contribution >= 4 is 11.8 Å². The summed E-state index contributed by atoms with van der Waals surface area (Å²) in [6.45, 7) is 12.4. The minimum atomic E-state index is 0.729. The van der Waals surface area contributed by atoms with E-state index in [0.717, 1.165) is 75.9 Å². The van der Waals surface area contributed by atoms with Crippen molar-refractivity contribution in [2.45, 2.75) is 38.6 Å². The molecule has 0 saturated carbocycles. The normalized spacial score (nSPS) is 23.4. The summed E-state index contributed by atoms with van der Waals surface area (Å²) >= 11 is 0. The molecule has 0 unspecified atom stereocenters. The fourth-order valence-corrected chi connectivity index (χ4v) is 4.41. The molecule has 1 N–H and O–H groups in total. The second kappa shape index (κ2) is 9.17. The van der Waals surface area contributed by atoms with Gasteiger partial charge in [-0.05, 0) is 38.8 Å². The molecule has 4 heterocycles. The van der Waals surface area contributed by atoms with Gasteiger partial charge in [-0.1, -0.05) is 6.92 Å². The lowest BCUT2D eigenvalue weighted by molar-refractivity contribution is 0.122. The molecule has 7 nitrogen and oxygen atoms in total. The van der Waals surface area contributed by atoms with Crippen LogP contribution in [0.1, 0.15) is 31.9 Å².